The summed E-state index contributed by atoms with van der Waals surface area (Å²) >= 11 is 0. The number of aromatic nitrogens is 1. The van der Waals surface area contributed by atoms with Gasteiger partial charge in [0.2, 0.25) is 0 Å². The molecule has 0 saturated carbocycles. The second kappa shape index (κ2) is 9.49. The molecule has 0 atom stereocenters. The molecule has 0 bridgehead atoms. The maximum Gasteiger partial charge on any atom is 0.0583 e. The van der Waals surface area contributed by atoms with Crippen molar-refractivity contribution in [2.75, 3.05) is 4.90 Å². The van der Waals surface area contributed by atoms with Gasteiger partial charge >= 0.3 is 0 Å². The van der Waals surface area contributed by atoms with Gasteiger partial charge < -0.3 is 9.47 Å². The first-order chi connectivity index (χ1) is 23.3. The number of rotatable bonds is 4. The minimum atomic E-state index is -0.190. The van der Waals surface area contributed by atoms with Crippen LogP contribution in [-0.4, -0.2) is 4.57 Å². The lowest BCUT2D eigenvalue weighted by Gasteiger charge is -2.42. The molecule has 48 heavy (non-hydrogen) atoms. The van der Waals surface area contributed by atoms with Crippen LogP contribution in [0.1, 0.15) is 49.9 Å². The lowest BCUT2D eigenvalue weighted by atomic mass is 9.68. The first kappa shape index (κ1) is 27.5. The van der Waals surface area contributed by atoms with E-state index in [0.717, 1.165) is 11.4 Å². The van der Waals surface area contributed by atoms with Crippen molar-refractivity contribution in [2.45, 2.75) is 38.5 Å². The van der Waals surface area contributed by atoms with Gasteiger partial charge in [-0.05, 0) is 80.6 Å². The summed E-state index contributed by atoms with van der Waals surface area (Å²) in [6, 6.07) is 54.0. The lowest BCUT2D eigenvalue weighted by Crippen LogP contribution is -2.33. The molecule has 230 valence electrons. The number of anilines is 3. The van der Waals surface area contributed by atoms with E-state index in [1.165, 1.54) is 77.3 Å². The molecule has 0 aliphatic carbocycles. The predicted octanol–water partition coefficient (Wildman–Crippen LogP) is 12.4. The van der Waals surface area contributed by atoms with Gasteiger partial charge in [0.15, 0.2) is 0 Å². The molecule has 2 aliphatic heterocycles. The van der Waals surface area contributed by atoms with Crippen LogP contribution in [-0.2, 0) is 10.8 Å². The maximum atomic E-state index is 2.61. The minimum Gasteiger partial charge on any atom is -0.310 e. The van der Waals surface area contributed by atoms with Crippen molar-refractivity contribution in [3.05, 3.63) is 168 Å². The van der Waals surface area contributed by atoms with Gasteiger partial charge in [0, 0.05) is 38.7 Å². The molecule has 0 spiro atoms. The van der Waals surface area contributed by atoms with E-state index in [0.29, 0.717) is 0 Å². The number of benzene rings is 7. The fraction of sp³-hybridized carbons (Fsp3) is 0.130. The maximum absolute atomic E-state index is 2.61. The van der Waals surface area contributed by atoms with Gasteiger partial charge in [-0.25, -0.2) is 0 Å². The Labute approximate surface area is 281 Å². The summed E-state index contributed by atoms with van der Waals surface area (Å²) < 4.78 is 2.61. The van der Waals surface area contributed by atoms with Crippen LogP contribution < -0.4 is 4.90 Å². The zero-order valence-corrected chi connectivity index (χ0v) is 27.8. The number of hydrogen-bond acceptors (Lipinski definition) is 1. The monoisotopic (exact) mass is 616 g/mol. The van der Waals surface area contributed by atoms with Crippen LogP contribution in [0.5, 0.6) is 0 Å². The fourth-order valence-corrected chi connectivity index (χ4v) is 8.91. The molecule has 0 saturated heterocycles. The predicted molar refractivity (Wildman–Crippen MR) is 203 cm³/mol. The molecule has 3 heterocycles. The Balaban J connectivity index is 1.28. The molecule has 7 aromatic carbocycles. The second-order valence-electron chi connectivity index (χ2n) is 14.6. The van der Waals surface area contributed by atoms with Crippen molar-refractivity contribution in [1.82, 2.24) is 4.57 Å². The highest BCUT2D eigenvalue weighted by molar-refractivity contribution is 6.15. The van der Waals surface area contributed by atoms with Crippen molar-refractivity contribution < 1.29 is 0 Å². The standard InChI is InChI=1S/C46H36N2/c1-45(2)38-23-12-22-36-37-27-33(28-41-43(37)48(42(36)38)44-39(45)24-13-25-40(44)46(41,3)4)47(31-17-6-5-7-18-31)32-19-10-16-30(26-32)35-21-11-15-29-14-8-9-20-34(29)35/h5-28H,1-4H3. The third kappa shape index (κ3) is 3.52. The van der Waals surface area contributed by atoms with Gasteiger partial charge in [-0.3, -0.25) is 0 Å². The van der Waals surface area contributed by atoms with Crippen LogP contribution >= 0.6 is 0 Å². The Kier molecular flexibility index (Phi) is 5.44. The molecule has 2 heteroatoms. The van der Waals surface area contributed by atoms with E-state index < -0.39 is 0 Å². The summed E-state index contributed by atoms with van der Waals surface area (Å²) in [7, 11) is 0. The molecule has 2 aliphatic rings. The summed E-state index contributed by atoms with van der Waals surface area (Å²) in [6.45, 7) is 9.62. The molecule has 0 N–H and O–H groups in total. The van der Waals surface area contributed by atoms with Gasteiger partial charge in [0.25, 0.3) is 0 Å². The molecule has 1 aromatic heterocycles. The molecule has 2 nitrogen and oxygen atoms in total. The van der Waals surface area contributed by atoms with Gasteiger partial charge in [-0.15, -0.1) is 0 Å². The van der Waals surface area contributed by atoms with Crippen molar-refractivity contribution in [3.63, 3.8) is 0 Å². The first-order valence-electron chi connectivity index (χ1n) is 17.0. The van der Waals surface area contributed by atoms with E-state index in [1.54, 1.807) is 0 Å². The summed E-state index contributed by atoms with van der Waals surface area (Å²) in [4.78, 5) is 2.45. The van der Waals surface area contributed by atoms with E-state index in [2.05, 4.69) is 183 Å². The fourth-order valence-electron chi connectivity index (χ4n) is 8.91. The van der Waals surface area contributed by atoms with E-state index >= 15 is 0 Å². The van der Waals surface area contributed by atoms with Gasteiger partial charge in [0.05, 0.1) is 16.7 Å². The van der Waals surface area contributed by atoms with Crippen molar-refractivity contribution in [1.29, 1.82) is 0 Å². The Morgan fingerprint density at radius 1 is 0.438 bits per heavy atom. The Hall–Kier alpha value is -5.60. The number of fused-ring (bicyclic) bond motifs is 2. The van der Waals surface area contributed by atoms with Gasteiger partial charge in [-0.1, -0.05) is 137 Å². The normalized spacial score (nSPS) is 15.0. The number of hydrogen-bond donors (Lipinski definition) is 0. The molecule has 0 unspecified atom stereocenters. The summed E-state index contributed by atoms with van der Waals surface area (Å²) in [5.41, 5.74) is 15.3. The van der Waals surface area contributed by atoms with Crippen molar-refractivity contribution in [3.8, 4) is 16.8 Å². The van der Waals surface area contributed by atoms with Gasteiger partial charge in [0.1, 0.15) is 0 Å². The molecular weight excluding hydrogens is 581 g/mol. The highest BCUT2D eigenvalue weighted by Crippen LogP contribution is 2.56. The average Bonchev–Trinajstić information content (AvgIpc) is 3.45. The third-order valence-electron chi connectivity index (χ3n) is 11.3. The topological polar surface area (TPSA) is 8.17 Å². The van der Waals surface area contributed by atoms with Crippen molar-refractivity contribution >= 4 is 49.6 Å². The van der Waals surface area contributed by atoms with Crippen LogP contribution in [0.3, 0.4) is 0 Å². The van der Waals surface area contributed by atoms with Crippen LogP contribution in [0.4, 0.5) is 17.1 Å². The van der Waals surface area contributed by atoms with Crippen LogP contribution in [0.25, 0.3) is 49.4 Å². The Morgan fingerprint density at radius 2 is 1.04 bits per heavy atom. The SMILES string of the molecule is CC1(C)c2cccc3c2-n2c4c1cccc4c1cc(N(c4ccccc4)c4cccc(-c5cccc6ccccc56)c4)cc(c12)C3(C)C. The largest absolute Gasteiger partial charge is 0.310 e. The third-order valence-corrected chi connectivity index (χ3v) is 11.3. The summed E-state index contributed by atoms with van der Waals surface area (Å²) in [5.74, 6) is 0. The molecule has 0 radical (unpaired) electrons. The first-order valence-corrected chi connectivity index (χ1v) is 17.0. The summed E-state index contributed by atoms with van der Waals surface area (Å²) in [6.07, 6.45) is 0. The number of nitrogens with zero attached hydrogens (tertiary/aromatic N) is 2. The van der Waals surface area contributed by atoms with Crippen molar-refractivity contribution in [2.24, 2.45) is 0 Å². The summed E-state index contributed by atoms with van der Waals surface area (Å²) in [5, 5.41) is 5.17. The Morgan fingerprint density at radius 3 is 1.88 bits per heavy atom. The van der Waals surface area contributed by atoms with Gasteiger partial charge in [-0.2, -0.15) is 0 Å². The smallest absolute Gasteiger partial charge is 0.0583 e. The van der Waals surface area contributed by atoms with Crippen LogP contribution in [0.15, 0.2) is 146 Å². The van der Waals surface area contributed by atoms with Crippen LogP contribution in [0.2, 0.25) is 0 Å². The van der Waals surface area contributed by atoms with Crippen LogP contribution in [0, 0.1) is 0 Å². The molecule has 8 aromatic rings. The quantitative estimate of drug-likeness (QED) is 0.191. The highest BCUT2D eigenvalue weighted by atomic mass is 15.1. The minimum absolute atomic E-state index is 0.0935. The second-order valence-corrected chi connectivity index (χ2v) is 14.6. The Bertz CT molecular complexity index is 2610. The molecule has 0 amide bonds. The van der Waals surface area contributed by atoms with E-state index in [9.17, 15) is 0 Å². The lowest BCUT2D eigenvalue weighted by molar-refractivity contribution is 0.593. The molecule has 10 rings (SSSR count). The van der Waals surface area contributed by atoms with E-state index in [-0.39, 0.29) is 10.8 Å². The molecular formula is C46H36N2. The zero-order valence-electron chi connectivity index (χ0n) is 27.8. The molecule has 0 fully saturated rings. The highest BCUT2D eigenvalue weighted by Gasteiger charge is 2.43. The number of para-hydroxylation sites is 3. The average molecular weight is 617 g/mol. The van der Waals surface area contributed by atoms with E-state index in [1.807, 2.05) is 0 Å². The zero-order chi connectivity index (χ0) is 32.4. The van der Waals surface area contributed by atoms with E-state index in [4.69, 9.17) is 0 Å².